The SMILES string of the molecule is CC1CC=C(c2cc(C3CCNCC3)ccc2N)CC1. The Bertz CT molecular complexity index is 498. The third-order valence-corrected chi connectivity index (χ3v) is 4.91. The van der Waals surface area contributed by atoms with Crippen LogP contribution >= 0.6 is 0 Å². The van der Waals surface area contributed by atoms with Gasteiger partial charge in [0.2, 0.25) is 0 Å². The van der Waals surface area contributed by atoms with Crippen molar-refractivity contribution in [2.24, 2.45) is 5.92 Å². The van der Waals surface area contributed by atoms with E-state index in [-0.39, 0.29) is 0 Å². The molecule has 20 heavy (non-hydrogen) atoms. The van der Waals surface area contributed by atoms with E-state index in [1.807, 2.05) is 0 Å². The average Bonchev–Trinajstić information content (AvgIpc) is 2.50. The average molecular weight is 270 g/mol. The number of benzene rings is 1. The van der Waals surface area contributed by atoms with Crippen LogP contribution in [-0.2, 0) is 0 Å². The van der Waals surface area contributed by atoms with Gasteiger partial charge in [-0.1, -0.05) is 19.1 Å². The van der Waals surface area contributed by atoms with Crippen molar-refractivity contribution in [1.29, 1.82) is 0 Å². The van der Waals surface area contributed by atoms with Crippen LogP contribution in [0.2, 0.25) is 0 Å². The van der Waals surface area contributed by atoms with E-state index in [1.165, 1.54) is 48.8 Å². The van der Waals surface area contributed by atoms with Gasteiger partial charge in [0.05, 0.1) is 0 Å². The van der Waals surface area contributed by atoms with Crippen LogP contribution < -0.4 is 11.1 Å². The Hall–Kier alpha value is -1.28. The van der Waals surface area contributed by atoms with E-state index in [0.717, 1.165) is 24.7 Å². The lowest BCUT2D eigenvalue weighted by atomic mass is 9.84. The smallest absolute Gasteiger partial charge is 0.0390 e. The molecule has 1 aromatic carbocycles. The first-order chi connectivity index (χ1) is 9.74. The predicted octanol–water partition coefficient (Wildman–Crippen LogP) is 3.94. The molecular weight excluding hydrogens is 244 g/mol. The fraction of sp³-hybridized carbons (Fsp3) is 0.556. The Morgan fingerprint density at radius 1 is 1.15 bits per heavy atom. The van der Waals surface area contributed by atoms with Gasteiger partial charge < -0.3 is 11.1 Å². The van der Waals surface area contributed by atoms with Crippen molar-refractivity contribution in [3.63, 3.8) is 0 Å². The first-order valence-electron chi connectivity index (χ1n) is 8.03. The summed E-state index contributed by atoms with van der Waals surface area (Å²) >= 11 is 0. The molecule has 2 nitrogen and oxygen atoms in total. The summed E-state index contributed by atoms with van der Waals surface area (Å²) in [6.07, 6.45) is 8.58. The Kier molecular flexibility index (Phi) is 4.11. The highest BCUT2D eigenvalue weighted by Crippen LogP contribution is 2.35. The second-order valence-electron chi connectivity index (χ2n) is 6.48. The molecule has 0 radical (unpaired) electrons. The van der Waals surface area contributed by atoms with Gasteiger partial charge in [0.15, 0.2) is 0 Å². The molecular formula is C18H26N2. The molecule has 0 saturated carbocycles. The molecule has 2 aliphatic rings. The molecule has 0 bridgehead atoms. The molecule has 1 aromatic rings. The third kappa shape index (κ3) is 2.90. The maximum atomic E-state index is 6.23. The van der Waals surface area contributed by atoms with Gasteiger partial charge in [-0.25, -0.2) is 0 Å². The summed E-state index contributed by atoms with van der Waals surface area (Å²) in [5.41, 5.74) is 11.4. The molecule has 1 unspecified atom stereocenters. The molecule has 1 aliphatic heterocycles. The number of piperidine rings is 1. The largest absolute Gasteiger partial charge is 0.398 e. The van der Waals surface area contributed by atoms with Crippen LogP contribution in [0, 0.1) is 5.92 Å². The van der Waals surface area contributed by atoms with E-state index in [1.54, 1.807) is 0 Å². The van der Waals surface area contributed by atoms with E-state index in [4.69, 9.17) is 5.73 Å². The Morgan fingerprint density at radius 3 is 2.65 bits per heavy atom. The summed E-state index contributed by atoms with van der Waals surface area (Å²) in [4.78, 5) is 0. The number of anilines is 1. The number of nitrogens with one attached hydrogen (secondary N) is 1. The second kappa shape index (κ2) is 6.01. The fourth-order valence-corrected chi connectivity index (χ4v) is 3.47. The molecule has 0 aromatic heterocycles. The van der Waals surface area contributed by atoms with Crippen LogP contribution in [0.25, 0.3) is 5.57 Å². The lowest BCUT2D eigenvalue weighted by Gasteiger charge is -2.25. The summed E-state index contributed by atoms with van der Waals surface area (Å²) < 4.78 is 0. The van der Waals surface area contributed by atoms with Crippen molar-refractivity contribution in [3.05, 3.63) is 35.4 Å². The molecule has 3 rings (SSSR count). The van der Waals surface area contributed by atoms with Crippen LogP contribution in [0.3, 0.4) is 0 Å². The number of hydrogen-bond donors (Lipinski definition) is 2. The lowest BCUT2D eigenvalue weighted by Crippen LogP contribution is -2.26. The number of nitrogens with two attached hydrogens (primary N) is 1. The maximum absolute atomic E-state index is 6.23. The highest BCUT2D eigenvalue weighted by Gasteiger charge is 2.18. The van der Waals surface area contributed by atoms with E-state index in [2.05, 4.69) is 36.5 Å². The zero-order chi connectivity index (χ0) is 13.9. The molecule has 108 valence electrons. The highest BCUT2D eigenvalue weighted by molar-refractivity contribution is 5.76. The number of nitrogen functional groups attached to an aromatic ring is 1. The molecule has 1 atom stereocenters. The van der Waals surface area contributed by atoms with Gasteiger partial charge in [-0.15, -0.1) is 0 Å². The topological polar surface area (TPSA) is 38.0 Å². The molecule has 2 heteroatoms. The molecule has 1 aliphatic carbocycles. The van der Waals surface area contributed by atoms with E-state index in [0.29, 0.717) is 5.92 Å². The van der Waals surface area contributed by atoms with Gasteiger partial charge in [0.1, 0.15) is 0 Å². The first kappa shape index (κ1) is 13.7. The normalized spacial score (nSPS) is 24.4. The van der Waals surface area contributed by atoms with Crippen LogP contribution in [0.5, 0.6) is 0 Å². The summed E-state index contributed by atoms with van der Waals surface area (Å²) in [5.74, 6) is 1.53. The number of allylic oxidation sites excluding steroid dienone is 2. The van der Waals surface area contributed by atoms with Crippen LogP contribution in [-0.4, -0.2) is 13.1 Å². The Balaban J connectivity index is 1.86. The van der Waals surface area contributed by atoms with Gasteiger partial charge in [0, 0.05) is 11.3 Å². The van der Waals surface area contributed by atoms with Gasteiger partial charge in [-0.05, 0) is 80.3 Å². The molecule has 1 fully saturated rings. The summed E-state index contributed by atoms with van der Waals surface area (Å²) in [6, 6.07) is 6.72. The standard InChI is InChI=1S/C18H26N2/c1-13-2-4-15(5-3-13)17-12-16(6-7-18(17)19)14-8-10-20-11-9-14/h4,6-7,12-14,20H,2-3,5,8-11,19H2,1H3. The lowest BCUT2D eigenvalue weighted by molar-refractivity contribution is 0.460. The van der Waals surface area contributed by atoms with Crippen LogP contribution in [0.1, 0.15) is 56.1 Å². The van der Waals surface area contributed by atoms with Crippen molar-refractivity contribution in [1.82, 2.24) is 5.32 Å². The molecule has 0 spiro atoms. The maximum Gasteiger partial charge on any atom is 0.0390 e. The fourth-order valence-electron chi connectivity index (χ4n) is 3.47. The van der Waals surface area contributed by atoms with Gasteiger partial charge in [-0.3, -0.25) is 0 Å². The predicted molar refractivity (Wildman–Crippen MR) is 86.7 cm³/mol. The minimum absolute atomic E-state index is 0.707. The van der Waals surface area contributed by atoms with Gasteiger partial charge in [-0.2, -0.15) is 0 Å². The van der Waals surface area contributed by atoms with E-state index in [9.17, 15) is 0 Å². The highest BCUT2D eigenvalue weighted by atomic mass is 14.9. The summed E-state index contributed by atoms with van der Waals surface area (Å²) in [7, 11) is 0. The van der Waals surface area contributed by atoms with Gasteiger partial charge >= 0.3 is 0 Å². The zero-order valence-corrected chi connectivity index (χ0v) is 12.5. The summed E-state index contributed by atoms with van der Waals surface area (Å²) in [6.45, 7) is 4.62. The van der Waals surface area contributed by atoms with Crippen LogP contribution in [0.4, 0.5) is 5.69 Å². The molecule has 3 N–H and O–H groups in total. The van der Waals surface area contributed by atoms with Gasteiger partial charge in [0.25, 0.3) is 0 Å². The summed E-state index contributed by atoms with van der Waals surface area (Å²) in [5, 5.41) is 3.44. The monoisotopic (exact) mass is 270 g/mol. The minimum atomic E-state index is 0.707. The Labute approximate surface area is 122 Å². The number of rotatable bonds is 2. The number of hydrogen-bond acceptors (Lipinski definition) is 2. The van der Waals surface area contributed by atoms with E-state index < -0.39 is 0 Å². The van der Waals surface area contributed by atoms with Crippen molar-refractivity contribution in [2.45, 2.75) is 44.9 Å². The zero-order valence-electron chi connectivity index (χ0n) is 12.5. The first-order valence-corrected chi connectivity index (χ1v) is 8.03. The molecule has 1 heterocycles. The van der Waals surface area contributed by atoms with Crippen molar-refractivity contribution in [2.75, 3.05) is 18.8 Å². The van der Waals surface area contributed by atoms with Crippen LogP contribution in [0.15, 0.2) is 24.3 Å². The molecule has 0 amide bonds. The molecule has 1 saturated heterocycles. The van der Waals surface area contributed by atoms with Crippen molar-refractivity contribution < 1.29 is 0 Å². The quantitative estimate of drug-likeness (QED) is 0.799. The van der Waals surface area contributed by atoms with E-state index >= 15 is 0 Å². The third-order valence-electron chi connectivity index (χ3n) is 4.91. The van der Waals surface area contributed by atoms with Crippen molar-refractivity contribution >= 4 is 11.3 Å². The minimum Gasteiger partial charge on any atom is -0.398 e. The van der Waals surface area contributed by atoms with Crippen molar-refractivity contribution in [3.8, 4) is 0 Å². The Morgan fingerprint density at radius 2 is 1.95 bits per heavy atom. The second-order valence-corrected chi connectivity index (χ2v) is 6.48.